The van der Waals surface area contributed by atoms with Crippen molar-refractivity contribution in [1.82, 2.24) is 5.32 Å². The van der Waals surface area contributed by atoms with Gasteiger partial charge in [0.2, 0.25) is 0 Å². The molecule has 3 atom stereocenters. The third kappa shape index (κ3) is 4.57. The zero-order chi connectivity index (χ0) is 24.5. The first-order valence-electron chi connectivity index (χ1n) is 12.6. The van der Waals surface area contributed by atoms with Crippen LogP contribution in [0.15, 0.2) is 42.5 Å². The van der Waals surface area contributed by atoms with Gasteiger partial charge in [-0.3, -0.25) is 4.79 Å². The average Bonchev–Trinajstić information content (AvgIpc) is 2.81. The average molecular weight is 463 g/mol. The van der Waals surface area contributed by atoms with E-state index in [4.69, 9.17) is 10.5 Å². The van der Waals surface area contributed by atoms with Crippen LogP contribution in [0.2, 0.25) is 0 Å². The van der Waals surface area contributed by atoms with Gasteiger partial charge < -0.3 is 15.8 Å². The van der Waals surface area contributed by atoms with Crippen LogP contribution in [-0.2, 0) is 21.4 Å². The van der Waals surface area contributed by atoms with Crippen molar-refractivity contribution in [3.05, 3.63) is 64.7 Å². The standard InChI is InChI=1S/C29H38N2O3/c1-19(2)20-10-12-23-21(16-20)11-13-25-28(3,14-7-15-29(23,25)4)18-31-26(32)17-34-27(33)22-8-5-6-9-24(22)30/h5-6,8-10,12,16,19,25H,7,11,13-15,17-18,30H2,1-4H3,(H,31,32). The number of amides is 1. The first kappa shape index (κ1) is 24.3. The quantitative estimate of drug-likeness (QED) is 0.446. The normalized spacial score (nSPS) is 25.9. The highest BCUT2D eigenvalue weighted by Gasteiger charge is 2.51. The van der Waals surface area contributed by atoms with Crippen LogP contribution in [0, 0.1) is 11.3 Å². The van der Waals surface area contributed by atoms with E-state index in [9.17, 15) is 9.59 Å². The number of para-hydroxylation sites is 1. The predicted octanol–water partition coefficient (Wildman–Crippen LogP) is 5.38. The molecule has 3 N–H and O–H groups in total. The van der Waals surface area contributed by atoms with E-state index in [1.165, 1.54) is 23.1 Å². The Labute approximate surface area is 203 Å². The highest BCUT2D eigenvalue weighted by molar-refractivity contribution is 5.96. The third-order valence-electron chi connectivity index (χ3n) is 8.37. The summed E-state index contributed by atoms with van der Waals surface area (Å²) in [6.45, 7) is 9.54. The summed E-state index contributed by atoms with van der Waals surface area (Å²) in [5.74, 6) is 0.191. The first-order chi connectivity index (χ1) is 16.1. The minimum atomic E-state index is -0.575. The summed E-state index contributed by atoms with van der Waals surface area (Å²) in [7, 11) is 0. The molecule has 2 aromatic carbocycles. The van der Waals surface area contributed by atoms with E-state index in [0.717, 1.165) is 25.7 Å². The van der Waals surface area contributed by atoms with Crippen LogP contribution in [0.3, 0.4) is 0 Å². The lowest BCUT2D eigenvalue weighted by atomic mass is 9.49. The Bertz CT molecular complexity index is 1080. The van der Waals surface area contributed by atoms with E-state index in [0.29, 0.717) is 24.1 Å². The molecule has 2 aliphatic carbocycles. The fourth-order valence-electron chi connectivity index (χ4n) is 6.46. The number of fused-ring (bicyclic) bond motifs is 3. The molecule has 34 heavy (non-hydrogen) atoms. The number of carbonyl (C=O) groups is 2. The number of nitrogens with two attached hydrogens (primary N) is 1. The number of rotatable bonds is 6. The summed E-state index contributed by atoms with van der Waals surface area (Å²) in [4.78, 5) is 24.8. The molecule has 2 aromatic rings. The lowest BCUT2D eigenvalue weighted by molar-refractivity contribution is -0.125. The lowest BCUT2D eigenvalue weighted by Gasteiger charge is -2.55. The molecule has 2 aliphatic rings. The second-order valence-corrected chi connectivity index (χ2v) is 11.0. The van der Waals surface area contributed by atoms with Gasteiger partial charge in [-0.15, -0.1) is 0 Å². The number of aryl methyl sites for hydroxylation is 1. The Morgan fingerprint density at radius 3 is 2.65 bits per heavy atom. The monoisotopic (exact) mass is 462 g/mol. The van der Waals surface area contributed by atoms with Crippen LogP contribution in [-0.4, -0.2) is 25.0 Å². The fourth-order valence-corrected chi connectivity index (χ4v) is 6.46. The highest BCUT2D eigenvalue weighted by atomic mass is 16.5. The second kappa shape index (κ2) is 9.44. The first-order valence-corrected chi connectivity index (χ1v) is 12.6. The van der Waals surface area contributed by atoms with E-state index in [-0.39, 0.29) is 28.9 Å². The van der Waals surface area contributed by atoms with Crippen LogP contribution in [0.5, 0.6) is 0 Å². The van der Waals surface area contributed by atoms with Crippen molar-refractivity contribution >= 4 is 17.6 Å². The topological polar surface area (TPSA) is 81.4 Å². The van der Waals surface area contributed by atoms with Crippen molar-refractivity contribution in [2.45, 2.75) is 71.1 Å². The molecule has 5 nitrogen and oxygen atoms in total. The zero-order valence-electron chi connectivity index (χ0n) is 20.9. The minimum Gasteiger partial charge on any atom is -0.452 e. The number of hydrogen-bond acceptors (Lipinski definition) is 4. The van der Waals surface area contributed by atoms with Crippen molar-refractivity contribution in [3.8, 4) is 0 Å². The van der Waals surface area contributed by atoms with Gasteiger partial charge >= 0.3 is 5.97 Å². The second-order valence-electron chi connectivity index (χ2n) is 11.0. The minimum absolute atomic E-state index is 0.00490. The van der Waals surface area contributed by atoms with Gasteiger partial charge in [0.05, 0.1) is 5.56 Å². The van der Waals surface area contributed by atoms with Crippen LogP contribution in [0.1, 0.15) is 86.3 Å². The number of nitrogens with one attached hydrogen (secondary N) is 1. The maximum absolute atomic E-state index is 12.6. The number of benzene rings is 2. The summed E-state index contributed by atoms with van der Waals surface area (Å²) >= 11 is 0. The molecule has 1 amide bonds. The number of anilines is 1. The predicted molar refractivity (Wildman–Crippen MR) is 136 cm³/mol. The number of esters is 1. The van der Waals surface area contributed by atoms with Crippen LogP contribution >= 0.6 is 0 Å². The largest absolute Gasteiger partial charge is 0.452 e. The summed E-state index contributed by atoms with van der Waals surface area (Å²) in [5, 5.41) is 3.07. The number of hydrogen-bond donors (Lipinski definition) is 2. The smallest absolute Gasteiger partial charge is 0.340 e. The molecule has 4 rings (SSSR count). The van der Waals surface area contributed by atoms with Crippen molar-refractivity contribution in [2.24, 2.45) is 11.3 Å². The molecular weight excluding hydrogens is 424 g/mol. The van der Waals surface area contributed by atoms with Gasteiger partial charge in [-0.25, -0.2) is 4.79 Å². The summed E-state index contributed by atoms with van der Waals surface area (Å²) in [6.07, 6.45) is 5.65. The Balaban J connectivity index is 1.41. The molecule has 0 saturated heterocycles. The lowest BCUT2D eigenvalue weighted by Crippen LogP contribution is -2.53. The van der Waals surface area contributed by atoms with Crippen LogP contribution in [0.25, 0.3) is 0 Å². The van der Waals surface area contributed by atoms with Crippen LogP contribution < -0.4 is 11.1 Å². The number of nitrogen functional groups attached to an aromatic ring is 1. The molecule has 0 spiro atoms. The maximum Gasteiger partial charge on any atom is 0.340 e. The molecule has 0 radical (unpaired) electrons. The van der Waals surface area contributed by atoms with Crippen molar-refractivity contribution in [2.75, 3.05) is 18.9 Å². The van der Waals surface area contributed by atoms with Gasteiger partial charge in [-0.2, -0.15) is 0 Å². The number of ether oxygens (including phenoxy) is 1. The molecule has 0 aromatic heterocycles. The van der Waals surface area contributed by atoms with Crippen LogP contribution in [0.4, 0.5) is 5.69 Å². The van der Waals surface area contributed by atoms with Gasteiger partial charge in [0.25, 0.3) is 5.91 Å². The maximum atomic E-state index is 12.6. The summed E-state index contributed by atoms with van der Waals surface area (Å²) < 4.78 is 5.22. The Morgan fingerprint density at radius 2 is 1.91 bits per heavy atom. The molecule has 0 bridgehead atoms. The SMILES string of the molecule is CC(C)c1ccc2c(c1)CCC1C(C)(CNC(=O)COC(=O)c3ccccc3N)CCCC21C. The number of carbonyl (C=O) groups excluding carboxylic acids is 2. The van der Waals surface area contributed by atoms with Crippen molar-refractivity contribution in [3.63, 3.8) is 0 Å². The zero-order valence-corrected chi connectivity index (χ0v) is 20.9. The molecular formula is C29H38N2O3. The van der Waals surface area contributed by atoms with Gasteiger partial charge in [0.15, 0.2) is 6.61 Å². The Morgan fingerprint density at radius 1 is 1.15 bits per heavy atom. The highest BCUT2D eigenvalue weighted by Crippen LogP contribution is 2.57. The molecule has 0 heterocycles. The molecule has 1 fully saturated rings. The van der Waals surface area contributed by atoms with E-state index in [2.05, 4.69) is 51.2 Å². The van der Waals surface area contributed by atoms with Crippen molar-refractivity contribution < 1.29 is 14.3 Å². The summed E-state index contributed by atoms with van der Waals surface area (Å²) in [6, 6.07) is 13.8. The Hall–Kier alpha value is -2.82. The van der Waals surface area contributed by atoms with Gasteiger partial charge in [-0.1, -0.05) is 64.4 Å². The molecule has 182 valence electrons. The van der Waals surface area contributed by atoms with E-state index in [1.807, 2.05) is 0 Å². The molecule has 1 saturated carbocycles. The molecule has 0 aliphatic heterocycles. The van der Waals surface area contributed by atoms with E-state index < -0.39 is 5.97 Å². The molecule has 3 unspecified atom stereocenters. The van der Waals surface area contributed by atoms with Crippen molar-refractivity contribution in [1.29, 1.82) is 0 Å². The van der Waals surface area contributed by atoms with Gasteiger partial charge in [0, 0.05) is 12.2 Å². The summed E-state index contributed by atoms with van der Waals surface area (Å²) in [5.41, 5.74) is 11.0. The van der Waals surface area contributed by atoms with E-state index in [1.54, 1.807) is 24.3 Å². The van der Waals surface area contributed by atoms with Gasteiger partial charge in [0.1, 0.15) is 0 Å². The van der Waals surface area contributed by atoms with Gasteiger partial charge in [-0.05, 0) is 77.2 Å². The van der Waals surface area contributed by atoms with E-state index >= 15 is 0 Å². The third-order valence-corrected chi connectivity index (χ3v) is 8.37. The Kier molecular flexibility index (Phi) is 6.75. The molecule has 5 heteroatoms. The fraction of sp³-hybridized carbons (Fsp3) is 0.517.